The monoisotopic (exact) mass is 743 g/mol. The Morgan fingerprint density at radius 3 is 1.71 bits per heavy atom. The predicted molar refractivity (Wildman–Crippen MR) is 187 cm³/mol. The first kappa shape index (κ1) is 42.3. The summed E-state index contributed by atoms with van der Waals surface area (Å²) in [5.74, 6) is 0.407. The highest BCUT2D eigenvalue weighted by Gasteiger charge is 2.23. The number of halogens is 1. The first-order valence-corrected chi connectivity index (χ1v) is 19.5. The number of hydrogen-bond donors (Lipinski definition) is 0. The summed E-state index contributed by atoms with van der Waals surface area (Å²) < 4.78 is 30.2. The molecule has 3 aromatic rings. The molecule has 6 heteroatoms. The van der Waals surface area contributed by atoms with Crippen LogP contribution in [0.2, 0.25) is 0 Å². The number of aryl methyl sites for hydroxylation is 2. The van der Waals surface area contributed by atoms with Crippen LogP contribution in [0.4, 0.5) is 0 Å². The molecule has 0 fully saturated rings. The van der Waals surface area contributed by atoms with Crippen molar-refractivity contribution in [1.82, 2.24) is 0 Å². The van der Waals surface area contributed by atoms with E-state index in [9.17, 15) is 5.26 Å². The van der Waals surface area contributed by atoms with Gasteiger partial charge in [-0.1, -0.05) is 103 Å². The lowest BCUT2D eigenvalue weighted by molar-refractivity contribution is -0.597. The number of hydrogen-bond acceptors (Lipinski definition) is 4. The van der Waals surface area contributed by atoms with Crippen molar-refractivity contribution < 1.29 is 34.2 Å². The van der Waals surface area contributed by atoms with Gasteiger partial charge in [0.05, 0.1) is 21.6 Å². The van der Waals surface area contributed by atoms with Crippen LogP contribution in [0.5, 0.6) is 0 Å². The maximum absolute atomic E-state index is 9.36. The summed E-state index contributed by atoms with van der Waals surface area (Å²) in [6.45, 7) is 18.9. The Morgan fingerprint density at radius 1 is 0.867 bits per heavy atom. The van der Waals surface area contributed by atoms with Gasteiger partial charge in [0.2, 0.25) is 0 Å². The molecule has 1 unspecified atom stereocenters. The Balaban J connectivity index is 0.000000749. The molecule has 3 aromatic carbocycles. The fourth-order valence-corrected chi connectivity index (χ4v) is 6.23. The van der Waals surface area contributed by atoms with Crippen molar-refractivity contribution in [1.29, 1.82) is 5.26 Å². The lowest BCUT2D eigenvalue weighted by Crippen LogP contribution is -3.61. The zero-order valence-corrected chi connectivity index (χ0v) is 32.0. The fourth-order valence-electron chi connectivity index (χ4n) is 4.08. The SMILES string of the molecule is CC.CC(C)=CCC/C(C)=C\CC(CC(C)(C)C#N)c1ccccc1.CS(=O)(=O)[O-].Cc1ccc([I+]c2ccc(C)cc2)cc1. The Hall–Kier alpha value is -2.73. The molecule has 45 heavy (non-hydrogen) atoms. The smallest absolute Gasteiger partial charge is 0.357 e. The molecule has 0 aliphatic rings. The highest BCUT2D eigenvalue weighted by atomic mass is 127. The Kier molecular flexibility index (Phi) is 21.3. The van der Waals surface area contributed by atoms with Crippen LogP contribution in [-0.2, 0) is 10.1 Å². The third kappa shape index (κ3) is 23.3. The molecule has 0 aliphatic heterocycles. The van der Waals surface area contributed by atoms with Crippen molar-refractivity contribution in [3.05, 3.63) is 126 Å². The number of nitrogens with zero attached hydrogens (tertiary/aromatic N) is 1. The highest BCUT2D eigenvalue weighted by Crippen LogP contribution is 2.34. The second-order valence-electron chi connectivity index (χ2n) is 11.8. The van der Waals surface area contributed by atoms with E-state index in [-0.39, 0.29) is 26.6 Å². The first-order chi connectivity index (χ1) is 21.1. The molecular weight excluding hydrogens is 689 g/mol. The van der Waals surface area contributed by atoms with E-state index in [1.54, 1.807) is 0 Å². The van der Waals surface area contributed by atoms with E-state index in [0.717, 1.165) is 25.7 Å². The zero-order valence-electron chi connectivity index (χ0n) is 29.0. The van der Waals surface area contributed by atoms with E-state index in [4.69, 9.17) is 13.0 Å². The normalized spacial score (nSPS) is 11.6. The fraction of sp³-hybridized carbons (Fsp3) is 0.410. The van der Waals surface area contributed by atoms with Gasteiger partial charge in [-0.25, -0.2) is 8.42 Å². The number of allylic oxidation sites excluding steroid dienone is 4. The summed E-state index contributed by atoms with van der Waals surface area (Å²) in [5, 5.41) is 9.36. The second-order valence-corrected chi connectivity index (χ2v) is 16.2. The van der Waals surface area contributed by atoms with E-state index < -0.39 is 10.1 Å². The molecule has 0 saturated carbocycles. The van der Waals surface area contributed by atoms with E-state index in [1.807, 2.05) is 27.7 Å². The number of benzene rings is 3. The van der Waals surface area contributed by atoms with Crippen LogP contribution < -0.4 is 21.2 Å². The third-order valence-electron chi connectivity index (χ3n) is 6.41. The minimum Gasteiger partial charge on any atom is -0.748 e. The van der Waals surface area contributed by atoms with Gasteiger partial charge in [0.25, 0.3) is 0 Å². The predicted octanol–water partition coefficient (Wildman–Crippen LogP) is 7.41. The van der Waals surface area contributed by atoms with Crippen molar-refractivity contribution in [2.75, 3.05) is 6.26 Å². The van der Waals surface area contributed by atoms with Crippen LogP contribution in [0.25, 0.3) is 0 Å². The molecular formula is C39H54INO3S. The maximum atomic E-state index is 9.36. The van der Waals surface area contributed by atoms with E-state index in [0.29, 0.717) is 12.2 Å². The zero-order chi connectivity index (χ0) is 34.5. The van der Waals surface area contributed by atoms with Crippen LogP contribution in [0.15, 0.2) is 102 Å². The number of rotatable bonds is 10. The highest BCUT2D eigenvalue weighted by molar-refractivity contribution is 7.84. The second kappa shape index (κ2) is 22.7. The van der Waals surface area contributed by atoms with Crippen LogP contribution in [0.3, 0.4) is 0 Å². The molecule has 0 amide bonds. The summed E-state index contributed by atoms with van der Waals surface area (Å²) >= 11 is 0.00313. The summed E-state index contributed by atoms with van der Waals surface area (Å²) in [6, 6.07) is 30.9. The van der Waals surface area contributed by atoms with Crippen molar-refractivity contribution in [3.63, 3.8) is 0 Å². The quantitative estimate of drug-likeness (QED) is 0.123. The molecule has 0 bridgehead atoms. The number of nitriles is 1. The van der Waals surface area contributed by atoms with Gasteiger partial charge in [-0.3, -0.25) is 0 Å². The van der Waals surface area contributed by atoms with Crippen molar-refractivity contribution >= 4 is 10.1 Å². The Bertz CT molecular complexity index is 1380. The molecule has 0 aliphatic carbocycles. The van der Waals surface area contributed by atoms with E-state index in [2.05, 4.69) is 132 Å². The summed E-state index contributed by atoms with van der Waals surface area (Å²) in [6.07, 6.45) is 9.40. The molecule has 0 radical (unpaired) electrons. The van der Waals surface area contributed by atoms with Gasteiger partial charge in [-0.15, -0.1) is 0 Å². The average Bonchev–Trinajstić information content (AvgIpc) is 2.98. The molecule has 1 atom stereocenters. The molecule has 246 valence electrons. The summed E-state index contributed by atoms with van der Waals surface area (Å²) in [7, 11) is -3.92. The average molecular weight is 744 g/mol. The van der Waals surface area contributed by atoms with Gasteiger partial charge in [-0.2, -0.15) is 5.26 Å². The first-order valence-electron chi connectivity index (χ1n) is 15.5. The van der Waals surface area contributed by atoms with Crippen LogP contribution in [0.1, 0.15) is 96.8 Å². The Morgan fingerprint density at radius 2 is 1.31 bits per heavy atom. The molecule has 4 nitrogen and oxygen atoms in total. The van der Waals surface area contributed by atoms with E-state index in [1.165, 1.54) is 35.0 Å². The van der Waals surface area contributed by atoms with Crippen molar-refractivity contribution in [2.24, 2.45) is 5.41 Å². The van der Waals surface area contributed by atoms with E-state index >= 15 is 0 Å². The van der Waals surface area contributed by atoms with Gasteiger partial charge < -0.3 is 4.55 Å². The van der Waals surface area contributed by atoms with Crippen LogP contribution >= 0.6 is 0 Å². The lowest BCUT2D eigenvalue weighted by atomic mass is 9.79. The van der Waals surface area contributed by atoms with Gasteiger partial charge in [0, 0.05) is 6.26 Å². The molecule has 0 aromatic heterocycles. The maximum Gasteiger partial charge on any atom is 0.357 e. The molecule has 0 spiro atoms. The van der Waals surface area contributed by atoms with Gasteiger partial charge >= 0.3 is 21.2 Å². The minimum absolute atomic E-state index is 0.00313. The third-order valence-corrected chi connectivity index (χ3v) is 9.10. The van der Waals surface area contributed by atoms with Crippen molar-refractivity contribution in [2.45, 2.75) is 93.9 Å². The largest absolute Gasteiger partial charge is 0.748 e. The van der Waals surface area contributed by atoms with Crippen molar-refractivity contribution in [3.8, 4) is 6.07 Å². The topological polar surface area (TPSA) is 81.0 Å². The molecule has 0 heterocycles. The Labute approximate surface area is 285 Å². The van der Waals surface area contributed by atoms with Gasteiger partial charge in [-0.05, 0) is 110 Å². The van der Waals surface area contributed by atoms with Gasteiger partial charge in [0.1, 0.15) is 0 Å². The minimum atomic E-state index is -3.92. The summed E-state index contributed by atoms with van der Waals surface area (Å²) in [5.41, 5.74) is 6.56. The van der Waals surface area contributed by atoms with Gasteiger partial charge in [0.15, 0.2) is 7.14 Å². The summed E-state index contributed by atoms with van der Waals surface area (Å²) in [4.78, 5) is 0. The molecule has 0 saturated heterocycles. The van der Waals surface area contributed by atoms with Crippen LogP contribution in [-0.4, -0.2) is 19.2 Å². The molecule has 0 N–H and O–H groups in total. The van der Waals surface area contributed by atoms with Crippen LogP contribution in [0, 0.1) is 37.7 Å². The standard InChI is InChI=1S/C22H31N.C14H14I.C2H6.CH4O3S/c1-18(2)10-9-11-19(3)14-15-21(16-22(4,5)17-23)20-12-7-6-8-13-20;1-11-3-7-13(8-4-11)15-14-9-5-12(2)6-10-14;1-2;1-5(2,3)4/h6-8,10,12-14,21H,9,11,15-16H2,1-5H3;3-10H,1-2H3;1-2H3;1H3,(H,2,3,4)/q;+1;;/p-1/b19-14-;;;. The molecule has 3 rings (SSSR count). The lowest BCUT2D eigenvalue weighted by Gasteiger charge is -2.23.